The van der Waals surface area contributed by atoms with E-state index in [1.807, 2.05) is 12.1 Å². The highest BCUT2D eigenvalue weighted by Gasteiger charge is 2.15. The van der Waals surface area contributed by atoms with Crippen molar-refractivity contribution in [1.82, 2.24) is 20.1 Å². The number of benzene rings is 2. The van der Waals surface area contributed by atoms with E-state index < -0.39 is 5.82 Å². The lowest BCUT2D eigenvalue weighted by Gasteiger charge is -2.09. The number of ether oxygens (including phenoxy) is 1. The van der Waals surface area contributed by atoms with Crippen LogP contribution in [0.1, 0.15) is 15.9 Å². The highest BCUT2D eigenvalue weighted by Crippen LogP contribution is 2.26. The Bertz CT molecular complexity index is 1240. The van der Waals surface area contributed by atoms with Gasteiger partial charge in [0.25, 0.3) is 5.91 Å². The van der Waals surface area contributed by atoms with Gasteiger partial charge in [0, 0.05) is 29.2 Å². The van der Waals surface area contributed by atoms with Gasteiger partial charge in [-0.25, -0.2) is 4.39 Å². The van der Waals surface area contributed by atoms with Gasteiger partial charge in [0.15, 0.2) is 11.6 Å². The minimum absolute atomic E-state index is 0.188. The molecule has 2 heterocycles. The predicted octanol–water partition coefficient (Wildman–Crippen LogP) is 4.31. The van der Waals surface area contributed by atoms with Crippen molar-refractivity contribution in [3.05, 3.63) is 76.8 Å². The quantitative estimate of drug-likeness (QED) is 0.518. The monoisotopic (exact) mass is 424 g/mol. The minimum Gasteiger partial charge on any atom is -0.494 e. The lowest BCUT2D eigenvalue weighted by molar-refractivity contribution is 0.0964. The third-order valence-corrected chi connectivity index (χ3v) is 4.99. The Labute approximate surface area is 177 Å². The molecule has 2 aromatic heterocycles. The van der Waals surface area contributed by atoms with Crippen LogP contribution in [0.15, 0.2) is 54.9 Å². The van der Waals surface area contributed by atoms with Crippen LogP contribution in [0, 0.1) is 5.82 Å². The highest BCUT2D eigenvalue weighted by atomic mass is 35.5. The number of aromatic nitrogens is 3. The number of hydrogen-bond acceptors (Lipinski definition) is 4. The summed E-state index contributed by atoms with van der Waals surface area (Å²) in [6, 6.07) is 11.8. The van der Waals surface area contributed by atoms with E-state index >= 15 is 0 Å². The van der Waals surface area contributed by atoms with Crippen molar-refractivity contribution < 1.29 is 13.9 Å². The standard InChI is InChI=1S/C22H18ClFN4O2/c1-25-22(29)17-9-16(23)7-15-11-27-28(21(15)17)12-13-3-5-19(26-10-13)14-4-6-20(30-2)18(24)8-14/h3-11H,12H2,1-2H3,(H,25,29). The lowest BCUT2D eigenvalue weighted by Crippen LogP contribution is -2.19. The fraction of sp³-hybridized carbons (Fsp3) is 0.136. The topological polar surface area (TPSA) is 69.0 Å². The maximum Gasteiger partial charge on any atom is 0.253 e. The molecule has 0 aliphatic rings. The molecule has 4 rings (SSSR count). The molecular formula is C22H18ClFN4O2. The SMILES string of the molecule is CNC(=O)c1cc(Cl)cc2cnn(Cc3ccc(-c4ccc(OC)c(F)c4)nc3)c12. The molecule has 6 nitrogen and oxygen atoms in total. The van der Waals surface area contributed by atoms with Crippen molar-refractivity contribution in [1.29, 1.82) is 0 Å². The Kier molecular flexibility index (Phi) is 5.37. The molecule has 0 bridgehead atoms. The van der Waals surface area contributed by atoms with E-state index in [0.717, 1.165) is 10.9 Å². The van der Waals surface area contributed by atoms with Crippen molar-refractivity contribution in [2.75, 3.05) is 14.2 Å². The summed E-state index contributed by atoms with van der Waals surface area (Å²) >= 11 is 6.14. The van der Waals surface area contributed by atoms with Crippen LogP contribution in [0.25, 0.3) is 22.2 Å². The fourth-order valence-electron chi connectivity index (χ4n) is 3.31. The van der Waals surface area contributed by atoms with Crippen LogP contribution in [0.2, 0.25) is 5.02 Å². The van der Waals surface area contributed by atoms with E-state index in [2.05, 4.69) is 15.4 Å². The van der Waals surface area contributed by atoms with E-state index in [9.17, 15) is 9.18 Å². The smallest absolute Gasteiger partial charge is 0.253 e. The van der Waals surface area contributed by atoms with Crippen molar-refractivity contribution in [3.8, 4) is 17.0 Å². The molecule has 0 aliphatic carbocycles. The summed E-state index contributed by atoms with van der Waals surface area (Å²) in [4.78, 5) is 16.7. The number of methoxy groups -OCH3 is 1. The summed E-state index contributed by atoms with van der Waals surface area (Å²) in [5, 5.41) is 8.28. The van der Waals surface area contributed by atoms with Gasteiger partial charge in [-0.3, -0.25) is 14.5 Å². The molecule has 1 N–H and O–H groups in total. The van der Waals surface area contributed by atoms with Gasteiger partial charge in [0.05, 0.1) is 36.6 Å². The van der Waals surface area contributed by atoms with E-state index in [-0.39, 0.29) is 11.7 Å². The molecule has 0 saturated carbocycles. The molecule has 152 valence electrons. The van der Waals surface area contributed by atoms with E-state index in [4.69, 9.17) is 16.3 Å². The molecule has 4 aromatic rings. The molecule has 0 unspecified atom stereocenters. The summed E-state index contributed by atoms with van der Waals surface area (Å²) < 4.78 is 20.7. The van der Waals surface area contributed by atoms with E-state index in [0.29, 0.717) is 33.9 Å². The summed E-state index contributed by atoms with van der Waals surface area (Å²) in [7, 11) is 2.99. The average molecular weight is 425 g/mol. The maximum absolute atomic E-state index is 14.0. The largest absolute Gasteiger partial charge is 0.494 e. The number of halogens is 2. The number of nitrogens with one attached hydrogen (secondary N) is 1. The first-order valence-corrected chi connectivity index (χ1v) is 9.54. The summed E-state index contributed by atoms with van der Waals surface area (Å²) in [5.41, 5.74) is 3.33. The highest BCUT2D eigenvalue weighted by molar-refractivity contribution is 6.32. The Morgan fingerprint density at radius 3 is 2.70 bits per heavy atom. The number of rotatable bonds is 5. The van der Waals surface area contributed by atoms with Crippen molar-refractivity contribution in [3.63, 3.8) is 0 Å². The number of pyridine rings is 1. The second-order valence-electron chi connectivity index (χ2n) is 6.67. The van der Waals surface area contributed by atoms with Gasteiger partial charge in [-0.15, -0.1) is 0 Å². The number of carbonyl (C=O) groups is 1. The van der Waals surface area contributed by atoms with Crippen LogP contribution in [0.4, 0.5) is 4.39 Å². The normalized spacial score (nSPS) is 10.9. The second kappa shape index (κ2) is 8.12. The number of amides is 1. The Balaban J connectivity index is 1.65. The van der Waals surface area contributed by atoms with Gasteiger partial charge in [-0.2, -0.15) is 5.10 Å². The number of nitrogens with zero attached hydrogens (tertiary/aromatic N) is 3. The minimum atomic E-state index is -0.440. The molecular weight excluding hydrogens is 407 g/mol. The summed E-state index contributed by atoms with van der Waals surface area (Å²) in [6.07, 6.45) is 3.38. The number of hydrogen-bond donors (Lipinski definition) is 1. The third kappa shape index (κ3) is 3.71. The van der Waals surface area contributed by atoms with Gasteiger partial charge in [0.1, 0.15) is 0 Å². The zero-order valence-corrected chi connectivity index (χ0v) is 17.1. The zero-order chi connectivity index (χ0) is 21.3. The molecule has 1 amide bonds. The van der Waals surface area contributed by atoms with Gasteiger partial charge in [0.2, 0.25) is 0 Å². The van der Waals surface area contributed by atoms with Crippen molar-refractivity contribution in [2.24, 2.45) is 0 Å². The summed E-state index contributed by atoms with van der Waals surface area (Å²) in [6.45, 7) is 0.416. The third-order valence-electron chi connectivity index (χ3n) is 4.77. The van der Waals surface area contributed by atoms with E-state index in [1.165, 1.54) is 13.2 Å². The number of carbonyl (C=O) groups excluding carboxylic acids is 1. The molecule has 0 radical (unpaired) electrons. The Hall–Kier alpha value is -3.45. The molecule has 0 fully saturated rings. The van der Waals surface area contributed by atoms with Crippen LogP contribution >= 0.6 is 11.6 Å². The molecule has 0 saturated heterocycles. The van der Waals surface area contributed by atoms with Crippen LogP contribution in [-0.2, 0) is 6.54 Å². The molecule has 8 heteroatoms. The van der Waals surface area contributed by atoms with E-state index in [1.54, 1.807) is 48.4 Å². The molecule has 2 aromatic carbocycles. The average Bonchev–Trinajstić information content (AvgIpc) is 3.15. The Morgan fingerprint density at radius 1 is 1.20 bits per heavy atom. The molecule has 0 atom stereocenters. The van der Waals surface area contributed by atoms with Crippen LogP contribution in [0.3, 0.4) is 0 Å². The van der Waals surface area contributed by atoms with Gasteiger partial charge >= 0.3 is 0 Å². The van der Waals surface area contributed by atoms with Crippen LogP contribution < -0.4 is 10.1 Å². The van der Waals surface area contributed by atoms with Gasteiger partial charge < -0.3 is 10.1 Å². The zero-order valence-electron chi connectivity index (χ0n) is 16.3. The summed E-state index contributed by atoms with van der Waals surface area (Å²) in [5.74, 6) is -0.489. The van der Waals surface area contributed by atoms with Crippen molar-refractivity contribution in [2.45, 2.75) is 6.54 Å². The van der Waals surface area contributed by atoms with Gasteiger partial charge in [-0.1, -0.05) is 17.7 Å². The number of fused-ring (bicyclic) bond motifs is 1. The first kappa shape index (κ1) is 19.8. The van der Waals surface area contributed by atoms with Gasteiger partial charge in [-0.05, 0) is 42.0 Å². The molecule has 0 spiro atoms. The maximum atomic E-state index is 14.0. The Morgan fingerprint density at radius 2 is 2.03 bits per heavy atom. The molecule has 30 heavy (non-hydrogen) atoms. The van der Waals surface area contributed by atoms with Crippen molar-refractivity contribution >= 4 is 28.4 Å². The first-order valence-electron chi connectivity index (χ1n) is 9.16. The fourth-order valence-corrected chi connectivity index (χ4v) is 3.54. The van der Waals surface area contributed by atoms with Crippen LogP contribution in [-0.4, -0.2) is 34.8 Å². The molecule has 0 aliphatic heterocycles. The van der Waals surface area contributed by atoms with Crippen LogP contribution in [0.5, 0.6) is 5.75 Å². The lowest BCUT2D eigenvalue weighted by atomic mass is 10.1. The first-order chi connectivity index (χ1) is 14.5. The second-order valence-corrected chi connectivity index (χ2v) is 7.11. The predicted molar refractivity (Wildman–Crippen MR) is 113 cm³/mol.